The molecule has 2 aromatic heterocycles. The number of hydrogen-bond acceptors (Lipinski definition) is 6. The molecule has 0 radical (unpaired) electrons. The molecular weight excluding hydrogens is 672 g/mol. The van der Waals surface area contributed by atoms with Crippen LogP contribution in [-0.4, -0.2) is 83.4 Å². The Bertz CT molecular complexity index is 1710. The van der Waals surface area contributed by atoms with Gasteiger partial charge in [-0.2, -0.15) is 0 Å². The van der Waals surface area contributed by atoms with Crippen LogP contribution in [0.5, 0.6) is 0 Å². The van der Waals surface area contributed by atoms with Gasteiger partial charge in [0, 0.05) is 61.8 Å². The van der Waals surface area contributed by atoms with Gasteiger partial charge in [0.1, 0.15) is 5.69 Å². The van der Waals surface area contributed by atoms with E-state index in [2.05, 4.69) is 75.6 Å². The standard InChI is InChI=1S/C38H49BrN4O5/c1-25(2)48-19-18-43-32-13-12-29(39)22-30(32)31(23-38(4,5)24-44)36(43)35-33(41-14-16-42(17-15-41)37(45)46)21-28(34(40-35)26(3)47-6)20-27-10-8-7-9-11-27/h7-13,21-22,25-26,44H,14-20,23-24H2,1-6H3,(H,45,46). The van der Waals surface area contributed by atoms with Crippen LogP contribution in [0, 0.1) is 5.41 Å². The number of ether oxygens (including phenoxy) is 2. The minimum Gasteiger partial charge on any atom is -0.465 e. The van der Waals surface area contributed by atoms with Crippen LogP contribution < -0.4 is 4.90 Å². The molecule has 0 aliphatic carbocycles. The van der Waals surface area contributed by atoms with Crippen molar-refractivity contribution in [1.29, 1.82) is 0 Å². The zero-order valence-electron chi connectivity index (χ0n) is 29.0. The number of amides is 1. The lowest BCUT2D eigenvalue weighted by molar-refractivity contribution is 0.0735. The minimum atomic E-state index is -0.897. The lowest BCUT2D eigenvalue weighted by Crippen LogP contribution is -2.48. The zero-order chi connectivity index (χ0) is 34.6. The van der Waals surface area contributed by atoms with Crippen molar-refractivity contribution >= 4 is 38.6 Å². The molecule has 1 saturated heterocycles. The van der Waals surface area contributed by atoms with E-state index in [4.69, 9.17) is 14.5 Å². The predicted octanol–water partition coefficient (Wildman–Crippen LogP) is 7.55. The number of pyridine rings is 1. The summed E-state index contributed by atoms with van der Waals surface area (Å²) in [7, 11) is 1.71. The number of aliphatic hydroxyl groups is 1. The number of anilines is 1. The molecule has 5 rings (SSSR count). The lowest BCUT2D eigenvalue weighted by Gasteiger charge is -2.36. The number of carboxylic acid groups (broad SMARTS) is 1. The minimum absolute atomic E-state index is 0.0307. The number of methoxy groups -OCH3 is 1. The lowest BCUT2D eigenvalue weighted by atomic mass is 9.85. The normalized spacial score (nSPS) is 14.7. The number of carbonyl (C=O) groups is 1. The summed E-state index contributed by atoms with van der Waals surface area (Å²) in [4.78, 5) is 21.2. The molecule has 1 unspecified atom stereocenters. The summed E-state index contributed by atoms with van der Waals surface area (Å²) in [5.74, 6) is 0. The first kappa shape index (κ1) is 35.9. The number of nitrogens with zero attached hydrogens (tertiary/aromatic N) is 4. The number of aromatic nitrogens is 2. The molecule has 48 heavy (non-hydrogen) atoms. The molecule has 1 amide bonds. The van der Waals surface area contributed by atoms with Crippen LogP contribution in [0.4, 0.5) is 10.5 Å². The third kappa shape index (κ3) is 8.05. The van der Waals surface area contributed by atoms with E-state index in [1.165, 1.54) is 10.5 Å². The molecule has 3 heterocycles. The third-order valence-electron chi connectivity index (χ3n) is 9.19. The van der Waals surface area contributed by atoms with Crippen LogP contribution in [0.1, 0.15) is 63.1 Å². The Morgan fingerprint density at radius 2 is 1.75 bits per heavy atom. The van der Waals surface area contributed by atoms with Crippen LogP contribution in [0.2, 0.25) is 0 Å². The van der Waals surface area contributed by atoms with Gasteiger partial charge in [-0.05, 0) is 80.0 Å². The van der Waals surface area contributed by atoms with Crippen LogP contribution in [0.15, 0.2) is 59.1 Å². The fourth-order valence-electron chi connectivity index (χ4n) is 6.52. The number of halogens is 1. The van der Waals surface area contributed by atoms with Gasteiger partial charge in [-0.1, -0.05) is 60.1 Å². The number of fused-ring (bicyclic) bond motifs is 1. The number of rotatable bonds is 13. The predicted molar refractivity (Wildman–Crippen MR) is 195 cm³/mol. The molecule has 258 valence electrons. The molecule has 0 spiro atoms. The third-order valence-corrected chi connectivity index (χ3v) is 9.68. The number of aliphatic hydroxyl groups excluding tert-OH is 1. The maximum Gasteiger partial charge on any atom is 0.407 e. The second kappa shape index (κ2) is 15.4. The van der Waals surface area contributed by atoms with Gasteiger partial charge in [-0.25, -0.2) is 9.78 Å². The molecular formula is C38H49BrN4O5. The second-order valence-electron chi connectivity index (χ2n) is 13.8. The van der Waals surface area contributed by atoms with Crippen LogP contribution in [0.25, 0.3) is 22.3 Å². The number of hydrogen-bond donors (Lipinski definition) is 2. The first-order valence-electron chi connectivity index (χ1n) is 16.8. The summed E-state index contributed by atoms with van der Waals surface area (Å²) >= 11 is 3.72. The summed E-state index contributed by atoms with van der Waals surface area (Å²) in [6, 6.07) is 19.0. The van der Waals surface area contributed by atoms with Crippen molar-refractivity contribution in [3.05, 3.63) is 81.5 Å². The Balaban J connectivity index is 1.82. The van der Waals surface area contributed by atoms with Gasteiger partial charge >= 0.3 is 6.09 Å². The summed E-state index contributed by atoms with van der Waals surface area (Å²) in [5.41, 5.74) is 7.69. The number of piperazine rings is 1. The Morgan fingerprint density at radius 1 is 1.04 bits per heavy atom. The molecule has 9 nitrogen and oxygen atoms in total. The molecule has 1 aliphatic heterocycles. The van der Waals surface area contributed by atoms with Gasteiger partial charge in [-0.3, -0.25) is 0 Å². The van der Waals surface area contributed by atoms with Crippen LogP contribution in [0.3, 0.4) is 0 Å². The van der Waals surface area contributed by atoms with E-state index in [1.807, 2.05) is 39.0 Å². The van der Waals surface area contributed by atoms with Crippen molar-refractivity contribution in [2.45, 2.75) is 66.2 Å². The van der Waals surface area contributed by atoms with Gasteiger partial charge in [0.15, 0.2) is 0 Å². The molecule has 0 saturated carbocycles. The van der Waals surface area contributed by atoms with Crippen molar-refractivity contribution in [3.63, 3.8) is 0 Å². The molecule has 4 aromatic rings. The topological polar surface area (TPSA) is 100 Å². The maximum absolute atomic E-state index is 11.9. The van der Waals surface area contributed by atoms with E-state index in [0.717, 1.165) is 49.3 Å². The molecule has 1 atom stereocenters. The number of benzene rings is 2. The second-order valence-corrected chi connectivity index (χ2v) is 14.7. The molecule has 1 fully saturated rings. The summed E-state index contributed by atoms with van der Waals surface area (Å²) < 4.78 is 15.3. The summed E-state index contributed by atoms with van der Waals surface area (Å²) in [5, 5.41) is 21.3. The highest BCUT2D eigenvalue weighted by Gasteiger charge is 2.31. The Hall–Kier alpha value is -3.44. The maximum atomic E-state index is 11.9. The van der Waals surface area contributed by atoms with Gasteiger partial charge < -0.3 is 34.1 Å². The fraction of sp³-hybridized carbons (Fsp3) is 0.474. The Morgan fingerprint density at radius 3 is 2.38 bits per heavy atom. The van der Waals surface area contributed by atoms with Gasteiger partial charge in [0.05, 0.1) is 35.9 Å². The molecule has 10 heteroatoms. The van der Waals surface area contributed by atoms with E-state index in [-0.39, 0.29) is 18.8 Å². The molecule has 1 aliphatic rings. The van der Waals surface area contributed by atoms with Gasteiger partial charge in [-0.15, -0.1) is 0 Å². The quantitative estimate of drug-likeness (QED) is 0.147. The Labute approximate surface area is 292 Å². The summed E-state index contributed by atoms with van der Waals surface area (Å²) in [6.07, 6.45) is 0.226. The first-order valence-corrected chi connectivity index (χ1v) is 17.6. The molecule has 2 N–H and O–H groups in total. The van der Waals surface area contributed by atoms with Crippen LogP contribution >= 0.6 is 15.9 Å². The SMILES string of the molecule is COC(C)c1nc(-c2c(CC(C)(C)CO)c3cc(Br)ccc3n2CCOC(C)C)c(N2CCN(C(=O)O)CC2)cc1Cc1ccccc1. The molecule has 0 bridgehead atoms. The van der Waals surface area contributed by atoms with Crippen LogP contribution in [-0.2, 0) is 28.9 Å². The van der Waals surface area contributed by atoms with Crippen molar-refractivity contribution in [2.24, 2.45) is 5.41 Å². The highest BCUT2D eigenvalue weighted by Crippen LogP contribution is 2.43. The van der Waals surface area contributed by atoms with Crippen molar-refractivity contribution < 1.29 is 24.5 Å². The molecule has 2 aromatic carbocycles. The van der Waals surface area contributed by atoms with E-state index in [0.29, 0.717) is 52.2 Å². The monoisotopic (exact) mass is 720 g/mol. The van der Waals surface area contributed by atoms with Gasteiger partial charge in [0.2, 0.25) is 0 Å². The smallest absolute Gasteiger partial charge is 0.407 e. The largest absolute Gasteiger partial charge is 0.465 e. The first-order chi connectivity index (χ1) is 22.9. The van der Waals surface area contributed by atoms with Gasteiger partial charge in [0.25, 0.3) is 0 Å². The van der Waals surface area contributed by atoms with E-state index in [9.17, 15) is 15.0 Å². The highest BCUT2D eigenvalue weighted by molar-refractivity contribution is 9.10. The van der Waals surface area contributed by atoms with E-state index in [1.54, 1.807) is 7.11 Å². The van der Waals surface area contributed by atoms with E-state index >= 15 is 0 Å². The summed E-state index contributed by atoms with van der Waals surface area (Å²) in [6.45, 7) is 13.4. The average molecular weight is 722 g/mol. The van der Waals surface area contributed by atoms with Crippen molar-refractivity contribution in [3.8, 4) is 11.4 Å². The fourth-order valence-corrected chi connectivity index (χ4v) is 6.89. The average Bonchev–Trinajstić information content (AvgIpc) is 3.35. The van der Waals surface area contributed by atoms with E-state index < -0.39 is 11.5 Å². The Kier molecular flexibility index (Phi) is 11.5. The zero-order valence-corrected chi connectivity index (χ0v) is 30.6. The van der Waals surface area contributed by atoms with Crippen molar-refractivity contribution in [1.82, 2.24) is 14.5 Å². The van der Waals surface area contributed by atoms with Crippen molar-refractivity contribution in [2.75, 3.05) is 51.4 Å². The highest BCUT2D eigenvalue weighted by atomic mass is 79.9.